The molecular formula is C26H25NO3. The Balaban J connectivity index is 1.66. The van der Waals surface area contributed by atoms with Gasteiger partial charge < -0.3 is 15.2 Å². The molecule has 0 aromatic heterocycles. The fraction of sp³-hybridized carbons (Fsp3) is 0.192. The summed E-state index contributed by atoms with van der Waals surface area (Å²) in [5.41, 5.74) is 3.00. The van der Waals surface area contributed by atoms with Crippen molar-refractivity contribution in [2.75, 3.05) is 5.32 Å². The number of nitrogens with one attached hydrogen (secondary N) is 1. The molecule has 0 bridgehead atoms. The first-order valence-corrected chi connectivity index (χ1v) is 10.1. The summed E-state index contributed by atoms with van der Waals surface area (Å²) in [5.74, 6) is -0.523. The Bertz CT molecular complexity index is 1060. The van der Waals surface area contributed by atoms with Gasteiger partial charge in [-0.2, -0.15) is 0 Å². The third kappa shape index (κ3) is 4.08. The fourth-order valence-corrected chi connectivity index (χ4v) is 3.89. The lowest BCUT2D eigenvalue weighted by atomic mass is 9.82. The van der Waals surface area contributed by atoms with Crippen LogP contribution in [0, 0.1) is 6.92 Å². The molecule has 30 heavy (non-hydrogen) atoms. The quantitative estimate of drug-likeness (QED) is 0.526. The van der Waals surface area contributed by atoms with E-state index in [4.69, 9.17) is 4.74 Å². The molecule has 1 unspecified atom stereocenters. The van der Waals surface area contributed by atoms with Gasteiger partial charge in [-0.3, -0.25) is 0 Å². The molecule has 1 atom stereocenters. The second-order valence-electron chi connectivity index (χ2n) is 7.67. The SMILES string of the molecule is Cc1ccccc1NC1=C(O)CC(CCc2ccccc2)(c2ccccc2)OC1=O. The van der Waals surface area contributed by atoms with Crippen LogP contribution in [0.3, 0.4) is 0 Å². The van der Waals surface area contributed by atoms with Gasteiger partial charge in [0, 0.05) is 5.69 Å². The van der Waals surface area contributed by atoms with Crippen LogP contribution in [0.1, 0.15) is 29.5 Å². The van der Waals surface area contributed by atoms with Crippen molar-refractivity contribution in [1.29, 1.82) is 0 Å². The van der Waals surface area contributed by atoms with Crippen LogP contribution in [-0.2, 0) is 21.6 Å². The Labute approximate surface area is 176 Å². The number of carbonyl (C=O) groups excluding carboxylic acids is 1. The number of esters is 1. The zero-order valence-corrected chi connectivity index (χ0v) is 17.0. The van der Waals surface area contributed by atoms with Crippen LogP contribution in [0.2, 0.25) is 0 Å². The Morgan fingerprint density at radius 1 is 0.933 bits per heavy atom. The molecule has 4 rings (SSSR count). The summed E-state index contributed by atoms with van der Waals surface area (Å²) in [6.07, 6.45) is 1.54. The van der Waals surface area contributed by atoms with Gasteiger partial charge in [-0.05, 0) is 42.5 Å². The van der Waals surface area contributed by atoms with E-state index in [1.165, 1.54) is 0 Å². The highest BCUT2D eigenvalue weighted by Crippen LogP contribution is 2.41. The summed E-state index contributed by atoms with van der Waals surface area (Å²) in [6, 6.07) is 27.4. The first-order valence-electron chi connectivity index (χ1n) is 10.1. The molecule has 3 aromatic rings. The molecular weight excluding hydrogens is 374 g/mol. The van der Waals surface area contributed by atoms with E-state index in [2.05, 4.69) is 17.4 Å². The maximum Gasteiger partial charge on any atom is 0.359 e. The Hall–Kier alpha value is -3.53. The molecule has 3 aromatic carbocycles. The van der Waals surface area contributed by atoms with E-state index in [9.17, 15) is 9.90 Å². The van der Waals surface area contributed by atoms with Crippen molar-refractivity contribution >= 4 is 11.7 Å². The van der Waals surface area contributed by atoms with Gasteiger partial charge in [0.2, 0.25) is 0 Å². The first kappa shape index (κ1) is 19.8. The van der Waals surface area contributed by atoms with E-state index < -0.39 is 11.6 Å². The lowest BCUT2D eigenvalue weighted by Gasteiger charge is -2.38. The lowest BCUT2D eigenvalue weighted by Crippen LogP contribution is -2.40. The van der Waals surface area contributed by atoms with Crippen molar-refractivity contribution in [3.63, 3.8) is 0 Å². The van der Waals surface area contributed by atoms with Crippen molar-refractivity contribution in [2.45, 2.75) is 31.8 Å². The molecule has 1 aliphatic rings. The summed E-state index contributed by atoms with van der Waals surface area (Å²) in [5, 5.41) is 14.0. The molecule has 0 amide bonds. The van der Waals surface area contributed by atoms with Gasteiger partial charge in [0.25, 0.3) is 0 Å². The van der Waals surface area contributed by atoms with E-state index in [0.29, 0.717) is 6.42 Å². The normalized spacial score (nSPS) is 18.8. The van der Waals surface area contributed by atoms with Gasteiger partial charge in [0.15, 0.2) is 5.70 Å². The minimum Gasteiger partial charge on any atom is -0.510 e. The van der Waals surface area contributed by atoms with Crippen LogP contribution >= 0.6 is 0 Å². The van der Waals surface area contributed by atoms with Crippen LogP contribution in [0.25, 0.3) is 0 Å². The van der Waals surface area contributed by atoms with Crippen molar-refractivity contribution in [3.8, 4) is 0 Å². The predicted molar refractivity (Wildman–Crippen MR) is 118 cm³/mol. The summed E-state index contributed by atoms with van der Waals surface area (Å²) < 4.78 is 6.06. The number of para-hydroxylation sites is 1. The third-order valence-corrected chi connectivity index (χ3v) is 5.60. The summed E-state index contributed by atoms with van der Waals surface area (Å²) >= 11 is 0. The second kappa shape index (κ2) is 8.46. The second-order valence-corrected chi connectivity index (χ2v) is 7.67. The number of aryl methyl sites for hydroxylation is 2. The molecule has 2 N–H and O–H groups in total. The highest BCUT2D eigenvalue weighted by molar-refractivity contribution is 5.94. The van der Waals surface area contributed by atoms with Crippen molar-refractivity contribution in [3.05, 3.63) is 113 Å². The molecule has 1 heterocycles. The van der Waals surface area contributed by atoms with E-state index in [-0.39, 0.29) is 17.9 Å². The molecule has 4 nitrogen and oxygen atoms in total. The lowest BCUT2D eigenvalue weighted by molar-refractivity contribution is -0.161. The number of aliphatic hydroxyl groups is 1. The predicted octanol–water partition coefficient (Wildman–Crippen LogP) is 5.65. The molecule has 0 saturated carbocycles. The molecule has 0 spiro atoms. The van der Waals surface area contributed by atoms with Gasteiger partial charge >= 0.3 is 5.97 Å². The van der Waals surface area contributed by atoms with Crippen LogP contribution in [-0.4, -0.2) is 11.1 Å². The molecule has 1 aliphatic heterocycles. The van der Waals surface area contributed by atoms with Gasteiger partial charge in [-0.15, -0.1) is 0 Å². The number of hydrogen-bond donors (Lipinski definition) is 2. The van der Waals surface area contributed by atoms with Crippen LogP contribution < -0.4 is 5.32 Å². The standard InChI is InChI=1S/C26H25NO3/c1-19-10-8-9-15-22(19)27-24-23(28)18-26(30-25(24)29,21-13-6-3-7-14-21)17-16-20-11-4-2-5-12-20/h2-15,27-28H,16-18H2,1H3. The molecule has 152 valence electrons. The monoisotopic (exact) mass is 399 g/mol. The highest BCUT2D eigenvalue weighted by atomic mass is 16.6. The van der Waals surface area contributed by atoms with Gasteiger partial charge in [-0.25, -0.2) is 4.79 Å². The van der Waals surface area contributed by atoms with E-state index in [0.717, 1.165) is 28.8 Å². The summed E-state index contributed by atoms with van der Waals surface area (Å²) in [7, 11) is 0. The zero-order valence-electron chi connectivity index (χ0n) is 17.0. The largest absolute Gasteiger partial charge is 0.510 e. The smallest absolute Gasteiger partial charge is 0.359 e. The number of ether oxygens (including phenoxy) is 1. The topological polar surface area (TPSA) is 58.6 Å². The number of benzene rings is 3. The number of carbonyl (C=O) groups is 1. The fourth-order valence-electron chi connectivity index (χ4n) is 3.89. The Morgan fingerprint density at radius 3 is 2.23 bits per heavy atom. The van der Waals surface area contributed by atoms with Gasteiger partial charge in [-0.1, -0.05) is 78.9 Å². The summed E-state index contributed by atoms with van der Waals surface area (Å²) in [4.78, 5) is 13.0. The molecule has 0 radical (unpaired) electrons. The van der Waals surface area contributed by atoms with Crippen molar-refractivity contribution in [1.82, 2.24) is 0 Å². The summed E-state index contributed by atoms with van der Waals surface area (Å²) in [6.45, 7) is 1.95. The maximum atomic E-state index is 13.0. The number of anilines is 1. The van der Waals surface area contributed by atoms with Gasteiger partial charge in [0.1, 0.15) is 11.4 Å². The van der Waals surface area contributed by atoms with Crippen molar-refractivity contribution in [2.24, 2.45) is 0 Å². The van der Waals surface area contributed by atoms with Crippen LogP contribution in [0.5, 0.6) is 0 Å². The molecule has 0 saturated heterocycles. The molecule has 4 heteroatoms. The van der Waals surface area contributed by atoms with Crippen LogP contribution in [0.4, 0.5) is 5.69 Å². The highest BCUT2D eigenvalue weighted by Gasteiger charge is 2.43. The number of rotatable bonds is 6. The van der Waals surface area contributed by atoms with Crippen molar-refractivity contribution < 1.29 is 14.6 Å². The minimum absolute atomic E-state index is 0.0198. The molecule has 0 aliphatic carbocycles. The zero-order chi connectivity index (χ0) is 21.0. The van der Waals surface area contributed by atoms with E-state index in [1.807, 2.05) is 79.7 Å². The average molecular weight is 399 g/mol. The molecule has 0 fully saturated rings. The Kier molecular flexibility index (Phi) is 5.57. The van der Waals surface area contributed by atoms with E-state index >= 15 is 0 Å². The van der Waals surface area contributed by atoms with Gasteiger partial charge in [0.05, 0.1) is 6.42 Å². The van der Waals surface area contributed by atoms with E-state index in [1.54, 1.807) is 0 Å². The van der Waals surface area contributed by atoms with Crippen LogP contribution in [0.15, 0.2) is 96.4 Å². The Morgan fingerprint density at radius 2 is 1.57 bits per heavy atom. The maximum absolute atomic E-state index is 13.0. The third-order valence-electron chi connectivity index (χ3n) is 5.60. The number of aliphatic hydroxyl groups excluding tert-OH is 1. The average Bonchev–Trinajstić information content (AvgIpc) is 2.77. The number of cyclic esters (lactones) is 1. The number of hydrogen-bond acceptors (Lipinski definition) is 4. The first-order chi connectivity index (χ1) is 14.6. The minimum atomic E-state index is -0.908.